The average Bonchev–Trinajstić information content (AvgIpc) is 3.27. The first-order chi connectivity index (χ1) is 13.8. The zero-order chi connectivity index (χ0) is 21.0. The number of rotatable bonds is 8. The molecule has 2 heterocycles. The summed E-state index contributed by atoms with van der Waals surface area (Å²) in [4.78, 5) is 32.3. The van der Waals surface area contributed by atoms with E-state index in [1.807, 2.05) is 0 Å². The minimum Gasteiger partial charge on any atom is -0.369 e. The molecule has 0 spiro atoms. The van der Waals surface area contributed by atoms with Crippen LogP contribution < -0.4 is 11.1 Å². The molecule has 0 saturated carbocycles. The minimum atomic E-state index is -0.619. The van der Waals surface area contributed by atoms with Gasteiger partial charge in [-0.2, -0.15) is 0 Å². The normalized spacial score (nSPS) is 12.0. The van der Waals surface area contributed by atoms with Crippen LogP contribution in [0.3, 0.4) is 0 Å². The Morgan fingerprint density at radius 2 is 2.03 bits per heavy atom. The highest BCUT2D eigenvalue weighted by Gasteiger charge is 2.16. The summed E-state index contributed by atoms with van der Waals surface area (Å²) in [6.07, 6.45) is 1.57. The summed E-state index contributed by atoms with van der Waals surface area (Å²) in [6, 6.07) is 3.71. The molecule has 1 atom stereocenters. The van der Waals surface area contributed by atoms with Gasteiger partial charge in [0.25, 0.3) is 0 Å². The van der Waals surface area contributed by atoms with Gasteiger partial charge in [0, 0.05) is 28.4 Å². The van der Waals surface area contributed by atoms with E-state index >= 15 is 0 Å². The van der Waals surface area contributed by atoms with Crippen LogP contribution in [0.5, 0.6) is 0 Å². The van der Waals surface area contributed by atoms with Gasteiger partial charge >= 0.3 is 0 Å². The number of aromatic nitrogens is 2. The molecule has 0 saturated heterocycles. The van der Waals surface area contributed by atoms with Crippen molar-refractivity contribution in [2.45, 2.75) is 29.4 Å². The quantitative estimate of drug-likeness (QED) is 0.507. The van der Waals surface area contributed by atoms with Crippen LogP contribution in [-0.4, -0.2) is 27.0 Å². The molecule has 1 unspecified atom stereocenters. The number of hydrogen-bond acceptors (Lipinski definition) is 7. The molecule has 29 heavy (non-hydrogen) atoms. The maximum absolute atomic E-state index is 13.8. The SMILES string of the molecule is CC(Sc1nc(CC(=O)Nc2ncc(Cc3c(F)cccc3F)s2)cs1)C(N)=O. The van der Waals surface area contributed by atoms with Crippen molar-refractivity contribution in [3.63, 3.8) is 0 Å². The molecule has 0 aliphatic heterocycles. The summed E-state index contributed by atoms with van der Waals surface area (Å²) in [5.74, 6) is -1.98. The third-order valence-electron chi connectivity index (χ3n) is 3.76. The monoisotopic (exact) mass is 454 g/mol. The third-order valence-corrected chi connectivity index (χ3v) is 6.81. The van der Waals surface area contributed by atoms with Gasteiger partial charge in [0.1, 0.15) is 11.6 Å². The lowest BCUT2D eigenvalue weighted by atomic mass is 10.1. The summed E-state index contributed by atoms with van der Waals surface area (Å²) in [5.41, 5.74) is 5.76. The van der Waals surface area contributed by atoms with Gasteiger partial charge in [-0.3, -0.25) is 9.59 Å². The van der Waals surface area contributed by atoms with Crippen molar-refractivity contribution in [1.29, 1.82) is 0 Å². The number of benzene rings is 1. The number of nitrogens with two attached hydrogens (primary N) is 1. The Morgan fingerprint density at radius 1 is 1.31 bits per heavy atom. The second-order valence-electron chi connectivity index (χ2n) is 6.00. The zero-order valence-electron chi connectivity index (χ0n) is 15.1. The van der Waals surface area contributed by atoms with Crippen LogP contribution in [0.25, 0.3) is 0 Å². The van der Waals surface area contributed by atoms with E-state index in [0.717, 1.165) is 11.3 Å². The second kappa shape index (κ2) is 9.42. The van der Waals surface area contributed by atoms with Gasteiger partial charge in [0.15, 0.2) is 9.47 Å². The van der Waals surface area contributed by atoms with Crippen molar-refractivity contribution in [2.24, 2.45) is 5.73 Å². The molecule has 1 aromatic carbocycles. The van der Waals surface area contributed by atoms with Gasteiger partial charge in [-0.25, -0.2) is 18.7 Å². The Kier molecular flexibility index (Phi) is 6.93. The van der Waals surface area contributed by atoms with E-state index in [2.05, 4.69) is 15.3 Å². The number of primary amides is 1. The first kappa shape index (κ1) is 21.3. The Morgan fingerprint density at radius 3 is 2.72 bits per heavy atom. The van der Waals surface area contributed by atoms with Gasteiger partial charge < -0.3 is 11.1 Å². The lowest BCUT2D eigenvalue weighted by Crippen LogP contribution is -2.22. The molecule has 3 rings (SSSR count). The molecule has 0 aliphatic rings. The van der Waals surface area contributed by atoms with E-state index in [0.29, 0.717) is 20.0 Å². The van der Waals surface area contributed by atoms with Crippen LogP contribution in [0.2, 0.25) is 0 Å². The van der Waals surface area contributed by atoms with Crippen LogP contribution in [0.4, 0.5) is 13.9 Å². The van der Waals surface area contributed by atoms with E-state index in [1.54, 1.807) is 12.3 Å². The summed E-state index contributed by atoms with van der Waals surface area (Å²) in [6.45, 7) is 1.69. The van der Waals surface area contributed by atoms with E-state index in [4.69, 9.17) is 5.73 Å². The fraction of sp³-hybridized carbons (Fsp3) is 0.222. The summed E-state index contributed by atoms with van der Waals surface area (Å²) >= 11 is 3.72. The van der Waals surface area contributed by atoms with E-state index in [1.165, 1.54) is 47.5 Å². The zero-order valence-corrected chi connectivity index (χ0v) is 17.6. The molecule has 11 heteroatoms. The van der Waals surface area contributed by atoms with Crippen molar-refractivity contribution in [1.82, 2.24) is 9.97 Å². The number of nitrogens with one attached hydrogen (secondary N) is 1. The van der Waals surface area contributed by atoms with Gasteiger partial charge in [0.2, 0.25) is 11.8 Å². The Bertz CT molecular complexity index is 1020. The van der Waals surface area contributed by atoms with Crippen LogP contribution in [0, 0.1) is 11.6 Å². The highest BCUT2D eigenvalue weighted by molar-refractivity contribution is 8.02. The summed E-state index contributed by atoms with van der Waals surface area (Å²) in [7, 11) is 0. The fourth-order valence-electron chi connectivity index (χ4n) is 2.28. The van der Waals surface area contributed by atoms with Crippen molar-refractivity contribution >= 4 is 51.4 Å². The number of carbonyl (C=O) groups is 2. The smallest absolute Gasteiger partial charge is 0.232 e. The first-order valence-electron chi connectivity index (χ1n) is 8.39. The molecule has 2 amide bonds. The molecule has 0 aliphatic carbocycles. The van der Waals surface area contributed by atoms with Crippen molar-refractivity contribution in [2.75, 3.05) is 5.32 Å². The van der Waals surface area contributed by atoms with Crippen molar-refractivity contribution in [3.8, 4) is 0 Å². The van der Waals surface area contributed by atoms with Gasteiger partial charge in [0.05, 0.1) is 17.4 Å². The van der Waals surface area contributed by atoms with Crippen LogP contribution >= 0.6 is 34.4 Å². The molecule has 0 radical (unpaired) electrons. The topological polar surface area (TPSA) is 98.0 Å². The number of halogens is 2. The lowest BCUT2D eigenvalue weighted by Gasteiger charge is -2.03. The molecule has 6 nitrogen and oxygen atoms in total. The fourth-order valence-corrected chi connectivity index (χ4v) is 5.05. The van der Waals surface area contributed by atoms with Crippen LogP contribution in [0.15, 0.2) is 34.1 Å². The van der Waals surface area contributed by atoms with Gasteiger partial charge in [-0.15, -0.1) is 22.7 Å². The molecular formula is C18H16F2N4O2S3. The number of thioether (sulfide) groups is 1. The molecule has 0 fully saturated rings. The predicted octanol–water partition coefficient (Wildman–Crippen LogP) is 3.62. The Labute approximate surface area is 177 Å². The Balaban J connectivity index is 1.57. The molecule has 0 bridgehead atoms. The van der Waals surface area contributed by atoms with Crippen LogP contribution in [0.1, 0.15) is 23.1 Å². The minimum absolute atomic E-state index is 0.0354. The van der Waals surface area contributed by atoms with Gasteiger partial charge in [-0.1, -0.05) is 17.8 Å². The van der Waals surface area contributed by atoms with Gasteiger partial charge in [-0.05, 0) is 19.1 Å². The van der Waals surface area contributed by atoms with Crippen molar-refractivity contribution in [3.05, 3.63) is 57.5 Å². The first-order valence-corrected chi connectivity index (χ1v) is 11.0. The third kappa shape index (κ3) is 5.81. The number of amides is 2. The highest BCUT2D eigenvalue weighted by Crippen LogP contribution is 2.27. The van der Waals surface area contributed by atoms with E-state index in [-0.39, 0.29) is 24.3 Å². The summed E-state index contributed by atoms with van der Waals surface area (Å²) in [5, 5.41) is 4.33. The highest BCUT2D eigenvalue weighted by atomic mass is 32.2. The number of thiazole rings is 2. The van der Waals surface area contributed by atoms with E-state index in [9.17, 15) is 18.4 Å². The lowest BCUT2D eigenvalue weighted by molar-refractivity contribution is -0.117. The number of carbonyl (C=O) groups excluding carboxylic acids is 2. The largest absolute Gasteiger partial charge is 0.369 e. The standard InChI is InChI=1S/C18H16F2N4O2S3/c1-9(16(21)26)28-18-23-10(8-27-18)5-15(25)24-17-22-7-11(29-17)6-12-13(19)3-2-4-14(12)20/h2-4,7-9H,5-6H2,1H3,(H2,21,26)(H,22,24,25). The predicted molar refractivity (Wildman–Crippen MR) is 110 cm³/mol. The maximum Gasteiger partial charge on any atom is 0.232 e. The molecule has 3 N–H and O–H groups in total. The van der Waals surface area contributed by atoms with Crippen LogP contribution in [-0.2, 0) is 22.4 Å². The molecule has 152 valence electrons. The maximum atomic E-state index is 13.8. The number of anilines is 1. The second-order valence-corrected chi connectivity index (χ2v) is 9.56. The number of nitrogens with zero attached hydrogens (tertiary/aromatic N) is 2. The molecule has 3 aromatic rings. The summed E-state index contributed by atoms with van der Waals surface area (Å²) < 4.78 is 28.2. The molecular weight excluding hydrogens is 438 g/mol. The van der Waals surface area contributed by atoms with Crippen molar-refractivity contribution < 1.29 is 18.4 Å². The number of hydrogen-bond donors (Lipinski definition) is 2. The average molecular weight is 455 g/mol. The van der Waals surface area contributed by atoms with E-state index < -0.39 is 22.8 Å². The Hall–Kier alpha value is -2.37. The molecule has 2 aromatic heterocycles.